The summed E-state index contributed by atoms with van der Waals surface area (Å²) < 4.78 is 5.50. The first kappa shape index (κ1) is 15.5. The molecule has 112 valence electrons. The van der Waals surface area contributed by atoms with Crippen molar-refractivity contribution in [2.45, 2.75) is 32.4 Å². The van der Waals surface area contributed by atoms with Gasteiger partial charge in [0.05, 0.1) is 25.2 Å². The van der Waals surface area contributed by atoms with Gasteiger partial charge in [-0.3, -0.25) is 4.79 Å². The molecule has 4 nitrogen and oxygen atoms in total. The molecule has 1 aromatic heterocycles. The van der Waals surface area contributed by atoms with Crippen LogP contribution in [0.3, 0.4) is 0 Å². The lowest BCUT2D eigenvalue weighted by Crippen LogP contribution is -2.45. The monoisotopic (exact) mass is 296 g/mol. The number of thiophene rings is 1. The Morgan fingerprint density at radius 1 is 1.60 bits per heavy atom. The molecular formula is C15H24N2O2S. The maximum atomic E-state index is 12.7. The van der Waals surface area contributed by atoms with Crippen LogP contribution in [0.1, 0.15) is 31.2 Å². The average Bonchev–Trinajstić information content (AvgIpc) is 3.13. The molecule has 1 N–H and O–H groups in total. The van der Waals surface area contributed by atoms with Crippen LogP contribution in [0.15, 0.2) is 17.5 Å². The third kappa shape index (κ3) is 3.40. The predicted molar refractivity (Wildman–Crippen MR) is 81.9 cm³/mol. The van der Waals surface area contributed by atoms with E-state index in [1.807, 2.05) is 18.0 Å². The molecule has 1 fully saturated rings. The van der Waals surface area contributed by atoms with Gasteiger partial charge in [-0.2, -0.15) is 0 Å². The molecule has 1 saturated heterocycles. The summed E-state index contributed by atoms with van der Waals surface area (Å²) in [4.78, 5) is 15.7. The topological polar surface area (TPSA) is 41.6 Å². The molecular weight excluding hydrogens is 272 g/mol. The highest BCUT2D eigenvalue weighted by molar-refractivity contribution is 7.10. The van der Waals surface area contributed by atoms with Gasteiger partial charge >= 0.3 is 0 Å². The molecule has 1 amide bonds. The van der Waals surface area contributed by atoms with Gasteiger partial charge in [0.25, 0.3) is 0 Å². The summed E-state index contributed by atoms with van der Waals surface area (Å²) in [6, 6.07) is 4.38. The van der Waals surface area contributed by atoms with Crippen molar-refractivity contribution in [3.63, 3.8) is 0 Å². The van der Waals surface area contributed by atoms with Gasteiger partial charge in [-0.25, -0.2) is 0 Å². The van der Waals surface area contributed by atoms with Crippen LogP contribution in [0.25, 0.3) is 0 Å². The van der Waals surface area contributed by atoms with E-state index in [9.17, 15) is 4.79 Å². The Morgan fingerprint density at radius 3 is 3.05 bits per heavy atom. The number of rotatable bonds is 6. The molecule has 20 heavy (non-hydrogen) atoms. The fourth-order valence-electron chi connectivity index (χ4n) is 2.50. The number of carbonyl (C=O) groups excluding carboxylic acids is 1. The molecule has 1 aromatic rings. The van der Waals surface area contributed by atoms with E-state index in [4.69, 9.17) is 4.74 Å². The Morgan fingerprint density at radius 2 is 2.40 bits per heavy atom. The summed E-state index contributed by atoms with van der Waals surface area (Å²) in [6.45, 7) is 6.31. The molecule has 2 rings (SSSR count). The van der Waals surface area contributed by atoms with Gasteiger partial charge in [0.15, 0.2) is 0 Å². The molecule has 0 spiro atoms. The molecule has 0 aliphatic carbocycles. The van der Waals surface area contributed by atoms with Crippen LogP contribution in [0.2, 0.25) is 0 Å². The molecule has 2 heterocycles. The minimum Gasteiger partial charge on any atom is -0.379 e. The summed E-state index contributed by atoms with van der Waals surface area (Å²) in [5.74, 6) is 0.117. The van der Waals surface area contributed by atoms with Gasteiger partial charge in [0, 0.05) is 18.0 Å². The van der Waals surface area contributed by atoms with Crippen LogP contribution in [0.4, 0.5) is 0 Å². The number of ether oxygens (including phenoxy) is 1. The quantitative estimate of drug-likeness (QED) is 0.875. The molecule has 0 bridgehead atoms. The van der Waals surface area contributed by atoms with Crippen LogP contribution < -0.4 is 5.32 Å². The van der Waals surface area contributed by atoms with Crippen molar-refractivity contribution < 1.29 is 9.53 Å². The van der Waals surface area contributed by atoms with Crippen molar-refractivity contribution in [2.75, 3.05) is 26.8 Å². The van der Waals surface area contributed by atoms with Crippen molar-refractivity contribution >= 4 is 17.2 Å². The number of hydrogen-bond acceptors (Lipinski definition) is 4. The standard InChI is InChI=1S/C15H24N2O2S/c1-4-7-16-13-10-19-9-12(13)15(18)17(3)11(2)14-6-5-8-20-14/h5-6,8,11-13,16H,4,7,9-10H2,1-3H3. The Hall–Kier alpha value is -0.910. The number of nitrogens with one attached hydrogen (secondary N) is 1. The molecule has 0 aromatic carbocycles. The SMILES string of the molecule is CCCNC1COCC1C(=O)N(C)C(C)c1cccs1. The molecule has 0 radical (unpaired) electrons. The van der Waals surface area contributed by atoms with E-state index in [0.717, 1.165) is 13.0 Å². The zero-order valence-electron chi connectivity index (χ0n) is 12.5. The second kappa shape index (κ2) is 7.20. The first-order chi connectivity index (χ1) is 9.65. The van der Waals surface area contributed by atoms with Crippen LogP contribution in [0, 0.1) is 5.92 Å². The Balaban J connectivity index is 1.98. The Labute approximate surface area is 125 Å². The highest BCUT2D eigenvalue weighted by Gasteiger charge is 2.36. The van der Waals surface area contributed by atoms with Crippen molar-refractivity contribution in [2.24, 2.45) is 5.92 Å². The maximum absolute atomic E-state index is 12.7. The van der Waals surface area contributed by atoms with E-state index in [1.54, 1.807) is 11.3 Å². The highest BCUT2D eigenvalue weighted by atomic mass is 32.1. The summed E-state index contributed by atoms with van der Waals surface area (Å²) in [5, 5.41) is 5.47. The molecule has 3 atom stereocenters. The van der Waals surface area contributed by atoms with Gasteiger partial charge < -0.3 is 15.0 Å². The zero-order valence-corrected chi connectivity index (χ0v) is 13.3. The van der Waals surface area contributed by atoms with Crippen molar-refractivity contribution in [1.82, 2.24) is 10.2 Å². The predicted octanol–water partition coefficient (Wildman–Crippen LogP) is 2.28. The first-order valence-corrected chi connectivity index (χ1v) is 8.14. The van der Waals surface area contributed by atoms with Crippen molar-refractivity contribution in [1.29, 1.82) is 0 Å². The summed E-state index contributed by atoms with van der Waals surface area (Å²) in [7, 11) is 1.89. The second-order valence-corrected chi connectivity index (χ2v) is 6.32. The maximum Gasteiger partial charge on any atom is 0.229 e. The Bertz CT molecular complexity index is 422. The molecule has 1 aliphatic rings. The average molecular weight is 296 g/mol. The van der Waals surface area contributed by atoms with E-state index < -0.39 is 0 Å². The minimum absolute atomic E-state index is 0.0611. The summed E-state index contributed by atoms with van der Waals surface area (Å²) >= 11 is 1.69. The highest BCUT2D eigenvalue weighted by Crippen LogP contribution is 2.26. The van der Waals surface area contributed by atoms with Crippen molar-refractivity contribution in [3.05, 3.63) is 22.4 Å². The first-order valence-electron chi connectivity index (χ1n) is 7.26. The lowest BCUT2D eigenvalue weighted by atomic mass is 10.0. The molecule has 0 saturated carbocycles. The number of nitrogens with zero attached hydrogens (tertiary/aromatic N) is 1. The van der Waals surface area contributed by atoms with Gasteiger partial charge in [0.2, 0.25) is 5.91 Å². The lowest BCUT2D eigenvalue weighted by molar-refractivity contribution is -0.136. The normalized spacial score (nSPS) is 23.8. The third-order valence-electron chi connectivity index (χ3n) is 3.94. The number of amides is 1. The largest absolute Gasteiger partial charge is 0.379 e. The minimum atomic E-state index is -0.0611. The van der Waals surface area contributed by atoms with Crippen LogP contribution >= 0.6 is 11.3 Å². The summed E-state index contributed by atoms with van der Waals surface area (Å²) in [6.07, 6.45) is 1.07. The molecule has 5 heteroatoms. The Kier molecular flexibility index (Phi) is 5.57. The van der Waals surface area contributed by atoms with E-state index in [0.29, 0.717) is 13.2 Å². The molecule has 1 aliphatic heterocycles. The van der Waals surface area contributed by atoms with Gasteiger partial charge in [-0.1, -0.05) is 13.0 Å². The van der Waals surface area contributed by atoms with Crippen molar-refractivity contribution in [3.8, 4) is 0 Å². The summed E-state index contributed by atoms with van der Waals surface area (Å²) in [5.41, 5.74) is 0. The van der Waals surface area contributed by atoms with Crippen LogP contribution in [-0.2, 0) is 9.53 Å². The smallest absolute Gasteiger partial charge is 0.229 e. The van der Waals surface area contributed by atoms with E-state index in [1.165, 1.54) is 4.88 Å². The van der Waals surface area contributed by atoms with Crippen LogP contribution in [-0.4, -0.2) is 43.7 Å². The van der Waals surface area contributed by atoms with E-state index in [2.05, 4.69) is 30.6 Å². The fourth-order valence-corrected chi connectivity index (χ4v) is 3.33. The number of carbonyl (C=O) groups is 1. The van der Waals surface area contributed by atoms with Gasteiger partial charge in [-0.15, -0.1) is 11.3 Å². The fraction of sp³-hybridized carbons (Fsp3) is 0.667. The van der Waals surface area contributed by atoms with Gasteiger partial charge in [0.1, 0.15) is 0 Å². The van der Waals surface area contributed by atoms with Gasteiger partial charge in [-0.05, 0) is 31.3 Å². The second-order valence-electron chi connectivity index (χ2n) is 5.35. The van der Waals surface area contributed by atoms with E-state index >= 15 is 0 Å². The third-order valence-corrected chi connectivity index (χ3v) is 4.98. The lowest BCUT2D eigenvalue weighted by Gasteiger charge is -2.29. The van der Waals surface area contributed by atoms with Crippen LogP contribution in [0.5, 0.6) is 0 Å². The zero-order chi connectivity index (χ0) is 14.5. The number of hydrogen-bond donors (Lipinski definition) is 1. The van der Waals surface area contributed by atoms with E-state index in [-0.39, 0.29) is 23.9 Å². The molecule has 3 unspecified atom stereocenters.